The fourth-order valence-electron chi connectivity index (χ4n) is 3.15. The van der Waals surface area contributed by atoms with Gasteiger partial charge in [0.25, 0.3) is 15.9 Å². The average molecular weight is 424 g/mol. The third-order valence-electron chi connectivity index (χ3n) is 4.90. The lowest BCUT2D eigenvalue weighted by atomic mass is 10.1. The van der Waals surface area contributed by atoms with Crippen LogP contribution in [-0.2, 0) is 10.0 Å². The predicted molar refractivity (Wildman–Crippen MR) is 114 cm³/mol. The number of hydrogen-bond acceptors (Lipinski definition) is 4. The van der Waals surface area contributed by atoms with E-state index >= 15 is 0 Å². The molecule has 0 radical (unpaired) electrons. The first-order chi connectivity index (χ1) is 12.8. The summed E-state index contributed by atoms with van der Waals surface area (Å²) in [6.07, 6.45) is 0. The fourth-order valence-corrected chi connectivity index (χ4v) is 4.39. The van der Waals surface area contributed by atoms with Crippen LogP contribution in [0.15, 0.2) is 53.4 Å². The van der Waals surface area contributed by atoms with Gasteiger partial charge >= 0.3 is 0 Å². The van der Waals surface area contributed by atoms with Crippen LogP contribution in [0.2, 0.25) is 0 Å². The van der Waals surface area contributed by atoms with Crippen molar-refractivity contribution in [3.8, 4) is 0 Å². The Morgan fingerprint density at radius 2 is 1.86 bits per heavy atom. The monoisotopic (exact) mass is 423 g/mol. The van der Waals surface area contributed by atoms with Crippen molar-refractivity contribution < 1.29 is 13.2 Å². The van der Waals surface area contributed by atoms with Crippen LogP contribution >= 0.6 is 12.4 Å². The van der Waals surface area contributed by atoms with Crippen LogP contribution in [0, 0.1) is 6.92 Å². The summed E-state index contributed by atoms with van der Waals surface area (Å²) < 4.78 is 27.3. The number of carbonyl (C=O) groups is 1. The second kappa shape index (κ2) is 8.94. The van der Waals surface area contributed by atoms with Crippen LogP contribution in [0.25, 0.3) is 0 Å². The Hall–Kier alpha value is -2.09. The Bertz CT molecular complexity index is 932. The minimum absolute atomic E-state index is 0. The number of piperazine rings is 1. The number of sulfonamides is 1. The third-order valence-corrected chi connectivity index (χ3v) is 6.68. The number of nitrogens with one attached hydrogen (secondary N) is 1. The molecule has 1 N–H and O–H groups in total. The molecule has 28 heavy (non-hydrogen) atoms. The smallest absolute Gasteiger partial charge is 0.264 e. The topological polar surface area (TPSA) is 69.7 Å². The SMILES string of the molecule is Cc1ccc(N(C)S(=O)(=O)c2cccc(C(=O)N3CCNC[C@H]3C)c2)cc1.Cl. The highest BCUT2D eigenvalue weighted by Crippen LogP contribution is 2.23. The maximum Gasteiger partial charge on any atom is 0.264 e. The van der Waals surface area contributed by atoms with E-state index in [0.717, 1.165) is 18.7 Å². The summed E-state index contributed by atoms with van der Waals surface area (Å²) in [4.78, 5) is 14.8. The number of carbonyl (C=O) groups excluding carboxylic acids is 1. The molecule has 1 fully saturated rings. The van der Waals surface area contributed by atoms with Gasteiger partial charge in [0.15, 0.2) is 0 Å². The molecule has 1 amide bonds. The lowest BCUT2D eigenvalue weighted by Crippen LogP contribution is -2.52. The van der Waals surface area contributed by atoms with E-state index in [1.165, 1.54) is 23.5 Å². The van der Waals surface area contributed by atoms with E-state index in [1.54, 1.807) is 29.2 Å². The van der Waals surface area contributed by atoms with Crippen molar-refractivity contribution in [2.24, 2.45) is 0 Å². The molecular weight excluding hydrogens is 398 g/mol. The molecule has 152 valence electrons. The molecule has 0 aliphatic carbocycles. The molecule has 2 aromatic rings. The minimum atomic E-state index is -3.75. The second-order valence-corrected chi connectivity index (χ2v) is 8.86. The molecule has 3 rings (SSSR count). The third kappa shape index (κ3) is 4.48. The normalized spacial score (nSPS) is 17.0. The summed E-state index contributed by atoms with van der Waals surface area (Å²) in [5.41, 5.74) is 2.03. The molecule has 1 heterocycles. The maximum absolute atomic E-state index is 13.0. The average Bonchev–Trinajstić information content (AvgIpc) is 2.68. The molecule has 0 saturated carbocycles. The summed E-state index contributed by atoms with van der Waals surface area (Å²) >= 11 is 0. The van der Waals surface area contributed by atoms with Crippen LogP contribution < -0.4 is 9.62 Å². The van der Waals surface area contributed by atoms with Gasteiger partial charge < -0.3 is 10.2 Å². The van der Waals surface area contributed by atoms with Gasteiger partial charge in [0, 0.05) is 38.3 Å². The van der Waals surface area contributed by atoms with Crippen molar-refractivity contribution in [1.82, 2.24) is 10.2 Å². The molecule has 0 aromatic heterocycles. The first-order valence-corrected chi connectivity index (χ1v) is 10.4. The van der Waals surface area contributed by atoms with E-state index in [2.05, 4.69) is 5.32 Å². The van der Waals surface area contributed by atoms with E-state index in [-0.39, 0.29) is 29.3 Å². The lowest BCUT2D eigenvalue weighted by molar-refractivity contribution is 0.0655. The molecule has 8 heteroatoms. The standard InChI is InChI=1S/C20H25N3O3S.ClH/c1-15-7-9-18(10-8-15)22(3)27(25,26)19-6-4-5-17(13-19)20(24)23-12-11-21-14-16(23)2;/h4-10,13,16,21H,11-12,14H2,1-3H3;1H/t16-;/m1./s1. The predicted octanol–water partition coefficient (Wildman–Crippen LogP) is 2.68. The zero-order valence-corrected chi connectivity index (χ0v) is 17.9. The van der Waals surface area contributed by atoms with E-state index in [4.69, 9.17) is 0 Å². The van der Waals surface area contributed by atoms with Crippen molar-refractivity contribution in [3.63, 3.8) is 0 Å². The zero-order valence-electron chi connectivity index (χ0n) is 16.3. The Morgan fingerprint density at radius 1 is 1.18 bits per heavy atom. The molecule has 1 aliphatic heterocycles. The van der Waals surface area contributed by atoms with Gasteiger partial charge in [-0.3, -0.25) is 9.10 Å². The summed E-state index contributed by atoms with van der Waals surface area (Å²) in [5, 5.41) is 3.25. The Labute approximate surface area is 173 Å². The Kier molecular flexibility index (Phi) is 7.09. The molecule has 0 bridgehead atoms. The van der Waals surface area contributed by atoms with E-state index < -0.39 is 10.0 Å². The number of nitrogens with zero attached hydrogens (tertiary/aromatic N) is 2. The van der Waals surface area contributed by atoms with Gasteiger partial charge in [-0.2, -0.15) is 0 Å². The second-order valence-electron chi connectivity index (χ2n) is 6.89. The number of halogens is 1. The van der Waals surface area contributed by atoms with E-state index in [1.807, 2.05) is 26.0 Å². The van der Waals surface area contributed by atoms with Gasteiger partial charge in [-0.1, -0.05) is 23.8 Å². The number of anilines is 1. The summed E-state index contributed by atoms with van der Waals surface area (Å²) in [6.45, 7) is 6.02. The van der Waals surface area contributed by atoms with Crippen LogP contribution in [-0.4, -0.2) is 51.9 Å². The Balaban J connectivity index is 0.00000280. The first-order valence-electron chi connectivity index (χ1n) is 8.98. The first kappa shape index (κ1) is 22.2. The van der Waals surface area contributed by atoms with Crippen LogP contribution in [0.3, 0.4) is 0 Å². The fraction of sp³-hybridized carbons (Fsp3) is 0.350. The molecule has 6 nitrogen and oxygen atoms in total. The highest BCUT2D eigenvalue weighted by atomic mass is 35.5. The van der Waals surface area contributed by atoms with Crippen molar-refractivity contribution in [2.75, 3.05) is 31.0 Å². The van der Waals surface area contributed by atoms with Gasteiger partial charge in [-0.25, -0.2) is 8.42 Å². The van der Waals surface area contributed by atoms with Crippen molar-refractivity contribution in [1.29, 1.82) is 0 Å². The number of hydrogen-bond donors (Lipinski definition) is 1. The van der Waals surface area contributed by atoms with Crippen molar-refractivity contribution in [2.45, 2.75) is 24.8 Å². The lowest BCUT2D eigenvalue weighted by Gasteiger charge is -2.34. The highest BCUT2D eigenvalue weighted by Gasteiger charge is 2.26. The number of benzene rings is 2. The number of amides is 1. The molecule has 1 saturated heterocycles. The van der Waals surface area contributed by atoms with Crippen molar-refractivity contribution >= 4 is 34.0 Å². The highest BCUT2D eigenvalue weighted by molar-refractivity contribution is 7.92. The van der Waals surface area contributed by atoms with Gasteiger partial charge in [-0.05, 0) is 44.2 Å². The molecule has 0 spiro atoms. The summed E-state index contributed by atoms with van der Waals surface area (Å²) in [6, 6.07) is 13.6. The molecule has 2 aromatic carbocycles. The summed E-state index contributed by atoms with van der Waals surface area (Å²) in [5.74, 6) is -0.140. The van der Waals surface area contributed by atoms with Gasteiger partial charge in [0.1, 0.15) is 0 Å². The van der Waals surface area contributed by atoms with Gasteiger partial charge in [0.2, 0.25) is 0 Å². The number of rotatable bonds is 4. The maximum atomic E-state index is 13.0. The zero-order chi connectivity index (χ0) is 19.6. The van der Waals surface area contributed by atoms with Crippen LogP contribution in [0.1, 0.15) is 22.8 Å². The molecule has 1 aliphatic rings. The quantitative estimate of drug-likeness (QED) is 0.820. The van der Waals surface area contributed by atoms with Gasteiger partial charge in [-0.15, -0.1) is 12.4 Å². The van der Waals surface area contributed by atoms with Crippen molar-refractivity contribution in [3.05, 3.63) is 59.7 Å². The van der Waals surface area contributed by atoms with E-state index in [9.17, 15) is 13.2 Å². The van der Waals surface area contributed by atoms with Crippen LogP contribution in [0.5, 0.6) is 0 Å². The minimum Gasteiger partial charge on any atom is -0.333 e. The number of aryl methyl sites for hydroxylation is 1. The molecule has 0 unspecified atom stereocenters. The Morgan fingerprint density at radius 3 is 2.50 bits per heavy atom. The van der Waals surface area contributed by atoms with Crippen LogP contribution in [0.4, 0.5) is 5.69 Å². The van der Waals surface area contributed by atoms with E-state index in [0.29, 0.717) is 17.8 Å². The largest absolute Gasteiger partial charge is 0.333 e. The van der Waals surface area contributed by atoms with Gasteiger partial charge in [0.05, 0.1) is 10.6 Å². The molecular formula is C20H26ClN3O3S. The summed E-state index contributed by atoms with van der Waals surface area (Å²) in [7, 11) is -2.23. The molecule has 1 atom stereocenters.